The van der Waals surface area contributed by atoms with E-state index < -0.39 is 57.1 Å². The molecule has 1 aromatic rings. The third kappa shape index (κ3) is 5.26. The number of benzene rings is 1. The number of halogens is 4. The first-order chi connectivity index (χ1) is 9.19. The molecule has 0 aromatic heterocycles. The molecular weight excluding hydrogens is 327 g/mol. The Labute approximate surface area is 140 Å². The molecule has 0 aliphatic rings. The van der Waals surface area contributed by atoms with E-state index in [4.69, 9.17) is 0 Å². The smallest absolute Gasteiger partial charge is 0.748 e. The molecule has 0 fully saturated rings. The van der Waals surface area contributed by atoms with Crippen molar-refractivity contribution >= 4 is 16.2 Å². The van der Waals surface area contributed by atoms with Crippen molar-refractivity contribution in [3.63, 3.8) is 0 Å². The van der Waals surface area contributed by atoms with Gasteiger partial charge in [-0.25, -0.2) is 17.2 Å². The molecule has 0 amide bonds. The molecule has 0 saturated carbocycles. The Bertz CT molecular complexity index is 605. The van der Waals surface area contributed by atoms with Crippen LogP contribution in [0.4, 0.5) is 17.6 Å². The van der Waals surface area contributed by atoms with E-state index in [-0.39, 0.29) is 36.0 Å². The maximum Gasteiger partial charge on any atom is 1.00 e. The summed E-state index contributed by atoms with van der Waals surface area (Å²) in [6.45, 7) is 2.42. The minimum absolute atomic E-state index is 0. The van der Waals surface area contributed by atoms with Crippen molar-refractivity contribution in [3.8, 4) is 5.75 Å². The Morgan fingerprint density at radius 2 is 1.57 bits per heavy atom. The van der Waals surface area contributed by atoms with Crippen LogP contribution in [0.25, 0.3) is 6.08 Å². The molecular formula is C11H9F4NaO4S. The van der Waals surface area contributed by atoms with Crippen molar-refractivity contribution in [2.45, 2.75) is 6.42 Å². The van der Waals surface area contributed by atoms with Gasteiger partial charge >= 0.3 is 29.6 Å². The van der Waals surface area contributed by atoms with Gasteiger partial charge in [0.15, 0.2) is 17.4 Å². The van der Waals surface area contributed by atoms with E-state index >= 15 is 0 Å². The van der Waals surface area contributed by atoms with Crippen LogP contribution in [0.3, 0.4) is 0 Å². The van der Waals surface area contributed by atoms with Crippen molar-refractivity contribution in [1.82, 2.24) is 0 Å². The van der Waals surface area contributed by atoms with Gasteiger partial charge in [-0.1, -0.05) is 12.7 Å². The van der Waals surface area contributed by atoms with Crippen molar-refractivity contribution in [2.24, 2.45) is 0 Å². The van der Waals surface area contributed by atoms with E-state index in [0.29, 0.717) is 6.08 Å². The van der Waals surface area contributed by atoms with Gasteiger partial charge in [-0.3, -0.25) is 0 Å². The largest absolute Gasteiger partial charge is 1.00 e. The molecule has 1 aromatic carbocycles. The standard InChI is InChI=1S/C11H10F4O4S.Na/c1-2-6-7(12)9(14)11(10(15)8(6)13)19-4-3-5-20(16,17)18;/h2H,1,3-5H2,(H,16,17,18);/q;+1/p-1. The number of ether oxygens (including phenoxy) is 1. The Hall–Kier alpha value is -0.610. The van der Waals surface area contributed by atoms with Crippen LogP contribution >= 0.6 is 0 Å². The van der Waals surface area contributed by atoms with E-state index in [2.05, 4.69) is 11.3 Å². The zero-order chi connectivity index (χ0) is 15.5. The quantitative estimate of drug-likeness (QED) is 0.224. The van der Waals surface area contributed by atoms with Crippen molar-refractivity contribution < 1.29 is 64.8 Å². The number of hydrogen-bond donors (Lipinski definition) is 0. The predicted molar refractivity (Wildman–Crippen MR) is 61.0 cm³/mol. The number of hydrogen-bond acceptors (Lipinski definition) is 4. The maximum atomic E-state index is 13.4. The average molecular weight is 336 g/mol. The fourth-order valence-corrected chi connectivity index (χ4v) is 1.82. The van der Waals surface area contributed by atoms with E-state index in [1.165, 1.54) is 0 Å². The van der Waals surface area contributed by atoms with Crippen LogP contribution in [-0.2, 0) is 10.1 Å². The van der Waals surface area contributed by atoms with E-state index in [1.807, 2.05) is 0 Å². The van der Waals surface area contributed by atoms with Gasteiger partial charge in [0, 0.05) is 5.75 Å². The summed E-state index contributed by atoms with van der Waals surface area (Å²) in [5.74, 6) is -9.01. The summed E-state index contributed by atoms with van der Waals surface area (Å²) in [5, 5.41) is 0. The van der Waals surface area contributed by atoms with E-state index in [0.717, 1.165) is 0 Å². The van der Waals surface area contributed by atoms with Crippen LogP contribution in [0.15, 0.2) is 6.58 Å². The molecule has 0 saturated heterocycles. The summed E-state index contributed by atoms with van der Waals surface area (Å²) in [5.41, 5.74) is -0.977. The third-order valence-corrected chi connectivity index (χ3v) is 3.03. The summed E-state index contributed by atoms with van der Waals surface area (Å²) >= 11 is 0. The average Bonchev–Trinajstić information content (AvgIpc) is 2.35. The van der Waals surface area contributed by atoms with Crippen LogP contribution in [0.5, 0.6) is 5.75 Å². The van der Waals surface area contributed by atoms with Crippen molar-refractivity contribution in [1.29, 1.82) is 0 Å². The van der Waals surface area contributed by atoms with E-state index in [9.17, 15) is 30.5 Å². The molecule has 0 aliphatic heterocycles. The van der Waals surface area contributed by atoms with Gasteiger partial charge in [-0.15, -0.1) is 0 Å². The predicted octanol–water partition coefficient (Wildman–Crippen LogP) is -0.796. The Kier molecular flexibility index (Phi) is 7.90. The molecule has 0 aliphatic carbocycles. The number of rotatable bonds is 6. The Balaban J connectivity index is 0.00000400. The van der Waals surface area contributed by atoms with Crippen molar-refractivity contribution in [3.05, 3.63) is 35.4 Å². The topological polar surface area (TPSA) is 66.4 Å². The summed E-state index contributed by atoms with van der Waals surface area (Å²) in [7, 11) is -4.50. The molecule has 10 heteroatoms. The monoisotopic (exact) mass is 336 g/mol. The molecule has 112 valence electrons. The van der Waals surface area contributed by atoms with Crippen LogP contribution in [-0.4, -0.2) is 25.3 Å². The third-order valence-electron chi connectivity index (χ3n) is 2.25. The molecule has 4 nitrogen and oxygen atoms in total. The van der Waals surface area contributed by atoms with Gasteiger partial charge in [-0.05, 0) is 6.42 Å². The van der Waals surface area contributed by atoms with Gasteiger partial charge in [0.05, 0.1) is 22.3 Å². The van der Waals surface area contributed by atoms with Gasteiger partial charge in [0.25, 0.3) is 0 Å². The van der Waals surface area contributed by atoms with Gasteiger partial charge in [-0.2, -0.15) is 8.78 Å². The zero-order valence-corrected chi connectivity index (χ0v) is 13.8. The zero-order valence-electron chi connectivity index (χ0n) is 11.0. The minimum Gasteiger partial charge on any atom is -0.748 e. The summed E-state index contributed by atoms with van der Waals surface area (Å²) < 4.78 is 88.8. The van der Waals surface area contributed by atoms with Gasteiger partial charge in [0.2, 0.25) is 11.6 Å². The summed E-state index contributed by atoms with van der Waals surface area (Å²) in [4.78, 5) is 0. The van der Waals surface area contributed by atoms with Crippen LogP contribution < -0.4 is 34.3 Å². The SMILES string of the molecule is C=Cc1c(F)c(F)c(OCCCS(=O)(=O)[O-])c(F)c1F.[Na+]. The second-order valence-electron chi connectivity index (χ2n) is 3.67. The molecule has 0 radical (unpaired) electrons. The Morgan fingerprint density at radius 3 is 1.95 bits per heavy atom. The molecule has 21 heavy (non-hydrogen) atoms. The molecule has 1 rings (SSSR count). The summed E-state index contributed by atoms with van der Waals surface area (Å²) in [6, 6.07) is 0. The first-order valence-corrected chi connectivity index (χ1v) is 6.81. The van der Waals surface area contributed by atoms with Gasteiger partial charge < -0.3 is 9.29 Å². The summed E-state index contributed by atoms with van der Waals surface area (Å²) in [6.07, 6.45) is 0.224. The first kappa shape index (κ1) is 20.4. The van der Waals surface area contributed by atoms with Crippen LogP contribution in [0.2, 0.25) is 0 Å². The second kappa shape index (κ2) is 8.14. The fourth-order valence-electron chi connectivity index (χ4n) is 1.34. The first-order valence-electron chi connectivity index (χ1n) is 5.23. The van der Waals surface area contributed by atoms with Crippen LogP contribution in [0.1, 0.15) is 12.0 Å². The van der Waals surface area contributed by atoms with Gasteiger partial charge in [0.1, 0.15) is 0 Å². The molecule has 0 bridgehead atoms. The molecule has 0 spiro atoms. The van der Waals surface area contributed by atoms with Crippen molar-refractivity contribution in [2.75, 3.05) is 12.4 Å². The van der Waals surface area contributed by atoms with Crippen LogP contribution in [0, 0.1) is 23.3 Å². The second-order valence-corrected chi connectivity index (χ2v) is 5.19. The van der Waals surface area contributed by atoms with E-state index in [1.54, 1.807) is 0 Å². The molecule has 0 N–H and O–H groups in total. The molecule has 0 unspecified atom stereocenters. The minimum atomic E-state index is -4.50. The maximum absolute atomic E-state index is 13.4. The molecule has 0 atom stereocenters. The Morgan fingerprint density at radius 1 is 1.10 bits per heavy atom. The fraction of sp³-hybridized carbons (Fsp3) is 0.273. The molecule has 0 heterocycles. The normalized spacial score (nSPS) is 10.9.